The Hall–Kier alpha value is -0.570. The van der Waals surface area contributed by atoms with E-state index >= 15 is 0 Å². The molecule has 1 saturated carbocycles. The zero-order valence-electron chi connectivity index (χ0n) is 10.8. The maximum absolute atomic E-state index is 6.06. The van der Waals surface area contributed by atoms with E-state index in [1.54, 1.807) is 0 Å². The fraction of sp³-hybridized carbons (Fsp3) is 0.600. The lowest BCUT2D eigenvalue weighted by molar-refractivity contribution is 0.119. The largest absolute Gasteiger partial charge is 0.375 e. The third-order valence-corrected chi connectivity index (χ3v) is 3.87. The SMILES string of the molecule is Clc1ccccc1COCCNC1CCCCC1. The van der Waals surface area contributed by atoms with Crippen LogP contribution >= 0.6 is 11.6 Å². The third-order valence-electron chi connectivity index (χ3n) is 3.50. The van der Waals surface area contributed by atoms with Crippen molar-refractivity contribution >= 4 is 11.6 Å². The Morgan fingerprint density at radius 1 is 1.17 bits per heavy atom. The Balaban J connectivity index is 1.57. The Morgan fingerprint density at radius 3 is 2.72 bits per heavy atom. The molecule has 1 aliphatic carbocycles. The molecule has 0 heterocycles. The molecule has 2 rings (SSSR count). The molecule has 1 aromatic rings. The number of nitrogens with one attached hydrogen (secondary N) is 1. The minimum absolute atomic E-state index is 0.603. The smallest absolute Gasteiger partial charge is 0.0731 e. The molecule has 100 valence electrons. The predicted molar refractivity (Wildman–Crippen MR) is 76.0 cm³/mol. The molecule has 1 fully saturated rings. The monoisotopic (exact) mass is 267 g/mol. The summed E-state index contributed by atoms with van der Waals surface area (Å²) in [5.41, 5.74) is 1.07. The van der Waals surface area contributed by atoms with Gasteiger partial charge in [-0.05, 0) is 24.5 Å². The average molecular weight is 268 g/mol. The van der Waals surface area contributed by atoms with E-state index in [4.69, 9.17) is 16.3 Å². The van der Waals surface area contributed by atoms with Crippen LogP contribution in [0.1, 0.15) is 37.7 Å². The summed E-state index contributed by atoms with van der Waals surface area (Å²) in [7, 11) is 0. The van der Waals surface area contributed by atoms with E-state index in [1.165, 1.54) is 32.1 Å². The van der Waals surface area contributed by atoms with Gasteiger partial charge in [0.2, 0.25) is 0 Å². The summed E-state index contributed by atoms with van der Waals surface area (Å²) < 4.78 is 5.64. The van der Waals surface area contributed by atoms with Crippen LogP contribution in [0.3, 0.4) is 0 Å². The van der Waals surface area contributed by atoms with Crippen molar-refractivity contribution in [3.8, 4) is 0 Å². The van der Waals surface area contributed by atoms with Crippen molar-refractivity contribution in [2.24, 2.45) is 0 Å². The highest BCUT2D eigenvalue weighted by molar-refractivity contribution is 6.31. The minimum Gasteiger partial charge on any atom is -0.375 e. The molecule has 0 aliphatic heterocycles. The molecule has 3 heteroatoms. The molecule has 0 radical (unpaired) electrons. The Labute approximate surface area is 115 Å². The molecule has 18 heavy (non-hydrogen) atoms. The van der Waals surface area contributed by atoms with Crippen molar-refractivity contribution in [1.82, 2.24) is 5.32 Å². The Morgan fingerprint density at radius 2 is 1.94 bits per heavy atom. The van der Waals surface area contributed by atoms with Crippen LogP contribution < -0.4 is 5.32 Å². The maximum atomic E-state index is 6.06. The van der Waals surface area contributed by atoms with Crippen molar-refractivity contribution in [3.05, 3.63) is 34.9 Å². The van der Waals surface area contributed by atoms with Gasteiger partial charge in [0.05, 0.1) is 13.2 Å². The molecule has 0 spiro atoms. The summed E-state index contributed by atoms with van der Waals surface area (Å²) in [6.07, 6.45) is 6.80. The van der Waals surface area contributed by atoms with Crippen molar-refractivity contribution in [3.63, 3.8) is 0 Å². The predicted octanol–water partition coefficient (Wildman–Crippen LogP) is 3.78. The second-order valence-electron chi connectivity index (χ2n) is 4.93. The lowest BCUT2D eigenvalue weighted by atomic mass is 9.96. The third kappa shape index (κ3) is 4.60. The zero-order valence-corrected chi connectivity index (χ0v) is 11.6. The van der Waals surface area contributed by atoms with Gasteiger partial charge in [-0.1, -0.05) is 49.1 Å². The van der Waals surface area contributed by atoms with E-state index < -0.39 is 0 Å². The first-order chi connectivity index (χ1) is 8.86. The molecule has 1 aliphatic rings. The van der Waals surface area contributed by atoms with Gasteiger partial charge in [0.1, 0.15) is 0 Å². The number of hydrogen-bond donors (Lipinski definition) is 1. The van der Waals surface area contributed by atoms with Gasteiger partial charge in [-0.3, -0.25) is 0 Å². The number of rotatable bonds is 6. The Bertz CT molecular complexity index is 350. The molecule has 0 saturated heterocycles. The van der Waals surface area contributed by atoms with Crippen molar-refractivity contribution in [1.29, 1.82) is 0 Å². The van der Waals surface area contributed by atoms with Crippen LogP contribution in [0.2, 0.25) is 5.02 Å². The number of ether oxygens (including phenoxy) is 1. The first-order valence-corrected chi connectivity index (χ1v) is 7.28. The Kier molecular flexibility index (Phi) is 5.98. The van der Waals surface area contributed by atoms with Crippen LogP contribution in [0, 0.1) is 0 Å². The van der Waals surface area contributed by atoms with Crippen molar-refractivity contribution < 1.29 is 4.74 Å². The van der Waals surface area contributed by atoms with Crippen LogP contribution in [0.25, 0.3) is 0 Å². The van der Waals surface area contributed by atoms with Gasteiger partial charge in [0, 0.05) is 17.6 Å². The summed E-state index contributed by atoms with van der Waals surface area (Å²) in [5, 5.41) is 4.35. The van der Waals surface area contributed by atoms with Crippen molar-refractivity contribution in [2.75, 3.05) is 13.2 Å². The molecule has 2 nitrogen and oxygen atoms in total. The summed E-state index contributed by atoms with van der Waals surface area (Å²) >= 11 is 6.06. The summed E-state index contributed by atoms with van der Waals surface area (Å²) in [4.78, 5) is 0. The van der Waals surface area contributed by atoms with Crippen LogP contribution in [0.15, 0.2) is 24.3 Å². The summed E-state index contributed by atoms with van der Waals surface area (Å²) in [5.74, 6) is 0. The molecule has 1 aromatic carbocycles. The quantitative estimate of drug-likeness (QED) is 0.792. The van der Waals surface area contributed by atoms with Crippen LogP contribution in [0.5, 0.6) is 0 Å². The normalized spacial score (nSPS) is 16.9. The number of hydrogen-bond acceptors (Lipinski definition) is 2. The molecular formula is C15H22ClNO. The van der Waals surface area contributed by atoms with E-state index in [0.29, 0.717) is 12.6 Å². The average Bonchev–Trinajstić information content (AvgIpc) is 2.42. The first-order valence-electron chi connectivity index (χ1n) is 6.91. The van der Waals surface area contributed by atoms with Crippen LogP contribution in [0.4, 0.5) is 0 Å². The second kappa shape index (κ2) is 7.78. The van der Waals surface area contributed by atoms with E-state index in [-0.39, 0.29) is 0 Å². The lowest BCUT2D eigenvalue weighted by Crippen LogP contribution is -2.33. The highest BCUT2D eigenvalue weighted by Crippen LogP contribution is 2.17. The molecule has 0 bridgehead atoms. The highest BCUT2D eigenvalue weighted by atomic mass is 35.5. The van der Waals surface area contributed by atoms with Crippen LogP contribution in [-0.2, 0) is 11.3 Å². The van der Waals surface area contributed by atoms with Gasteiger partial charge in [-0.2, -0.15) is 0 Å². The standard InChI is InChI=1S/C15H22ClNO/c16-15-9-5-4-6-13(15)12-18-11-10-17-14-7-2-1-3-8-14/h4-6,9,14,17H,1-3,7-8,10-12H2. The minimum atomic E-state index is 0.603. The fourth-order valence-electron chi connectivity index (χ4n) is 2.44. The van der Waals surface area contributed by atoms with Gasteiger partial charge in [0.15, 0.2) is 0 Å². The van der Waals surface area contributed by atoms with Gasteiger partial charge >= 0.3 is 0 Å². The topological polar surface area (TPSA) is 21.3 Å². The lowest BCUT2D eigenvalue weighted by Gasteiger charge is -2.22. The number of benzene rings is 1. The zero-order chi connectivity index (χ0) is 12.6. The van der Waals surface area contributed by atoms with Gasteiger partial charge in [-0.25, -0.2) is 0 Å². The maximum Gasteiger partial charge on any atom is 0.0731 e. The molecule has 1 N–H and O–H groups in total. The van der Waals surface area contributed by atoms with E-state index in [9.17, 15) is 0 Å². The second-order valence-corrected chi connectivity index (χ2v) is 5.34. The number of halogens is 1. The summed E-state index contributed by atoms with van der Waals surface area (Å²) in [6.45, 7) is 2.29. The highest BCUT2D eigenvalue weighted by Gasteiger charge is 2.11. The van der Waals surface area contributed by atoms with E-state index in [0.717, 1.165) is 23.7 Å². The first kappa shape index (κ1) is 13.9. The van der Waals surface area contributed by atoms with E-state index in [2.05, 4.69) is 5.32 Å². The molecule has 0 atom stereocenters. The molecule has 0 unspecified atom stereocenters. The van der Waals surface area contributed by atoms with Gasteiger partial charge in [0.25, 0.3) is 0 Å². The molecule has 0 aromatic heterocycles. The van der Waals surface area contributed by atoms with Gasteiger partial charge < -0.3 is 10.1 Å². The molecular weight excluding hydrogens is 246 g/mol. The van der Waals surface area contributed by atoms with E-state index in [1.807, 2.05) is 24.3 Å². The van der Waals surface area contributed by atoms with Crippen molar-refractivity contribution in [2.45, 2.75) is 44.8 Å². The van der Waals surface area contributed by atoms with Crippen LogP contribution in [-0.4, -0.2) is 19.2 Å². The summed E-state index contributed by atoms with van der Waals surface area (Å²) in [6, 6.07) is 8.56. The molecule has 0 amide bonds. The van der Waals surface area contributed by atoms with Gasteiger partial charge in [-0.15, -0.1) is 0 Å². The fourth-order valence-corrected chi connectivity index (χ4v) is 2.63.